The maximum absolute atomic E-state index is 4.55. The summed E-state index contributed by atoms with van der Waals surface area (Å²) in [4.78, 5) is 6.76. The van der Waals surface area contributed by atoms with Crippen LogP contribution in [0.3, 0.4) is 0 Å². The van der Waals surface area contributed by atoms with Crippen molar-refractivity contribution in [3.05, 3.63) is 41.6 Å². The third kappa shape index (κ3) is 2.39. The summed E-state index contributed by atoms with van der Waals surface area (Å²) in [7, 11) is 4.21. The molecule has 0 aliphatic heterocycles. The second-order valence-electron chi connectivity index (χ2n) is 4.49. The molecule has 2 rings (SSSR count). The Morgan fingerprint density at radius 3 is 2.69 bits per heavy atom. The van der Waals surface area contributed by atoms with E-state index in [9.17, 15) is 0 Å². The Morgan fingerprint density at radius 2 is 1.94 bits per heavy atom. The Hall–Kier alpha value is -1.41. The molecule has 0 saturated heterocycles. The third-order valence-corrected chi connectivity index (χ3v) is 2.76. The van der Waals surface area contributed by atoms with Crippen molar-refractivity contribution in [2.24, 2.45) is 0 Å². The van der Waals surface area contributed by atoms with Gasteiger partial charge in [0.1, 0.15) is 0 Å². The number of aromatic nitrogens is 1. The SMILES string of the molecule is Cc1cc(CCN(C)C)c2ccccc2n1. The fraction of sp³-hybridized carbons (Fsp3) is 0.357. The van der Waals surface area contributed by atoms with Gasteiger partial charge in [0.05, 0.1) is 5.52 Å². The van der Waals surface area contributed by atoms with E-state index in [1.54, 1.807) is 0 Å². The molecule has 0 amide bonds. The van der Waals surface area contributed by atoms with Crippen LogP contribution < -0.4 is 0 Å². The zero-order valence-electron chi connectivity index (χ0n) is 10.2. The van der Waals surface area contributed by atoms with E-state index in [0.29, 0.717) is 0 Å². The van der Waals surface area contributed by atoms with Crippen LogP contribution in [0.15, 0.2) is 30.3 Å². The molecule has 0 atom stereocenters. The Balaban J connectivity index is 2.42. The van der Waals surface area contributed by atoms with Crippen molar-refractivity contribution in [3.63, 3.8) is 0 Å². The van der Waals surface area contributed by atoms with E-state index in [-0.39, 0.29) is 0 Å². The molecule has 0 unspecified atom stereocenters. The van der Waals surface area contributed by atoms with Crippen LogP contribution in [-0.4, -0.2) is 30.5 Å². The number of para-hydroxylation sites is 1. The maximum atomic E-state index is 4.55. The lowest BCUT2D eigenvalue weighted by Gasteiger charge is -2.11. The number of rotatable bonds is 3. The number of pyridine rings is 1. The number of nitrogens with zero attached hydrogens (tertiary/aromatic N) is 2. The summed E-state index contributed by atoms with van der Waals surface area (Å²) < 4.78 is 0. The van der Waals surface area contributed by atoms with Crippen LogP contribution >= 0.6 is 0 Å². The van der Waals surface area contributed by atoms with Crippen molar-refractivity contribution >= 4 is 10.9 Å². The average molecular weight is 214 g/mol. The highest BCUT2D eigenvalue weighted by atomic mass is 15.0. The molecule has 0 aliphatic carbocycles. The molecule has 0 aliphatic rings. The van der Waals surface area contributed by atoms with Crippen LogP contribution in [-0.2, 0) is 6.42 Å². The summed E-state index contributed by atoms with van der Waals surface area (Å²) in [6, 6.07) is 10.6. The molecule has 2 heteroatoms. The van der Waals surface area contributed by atoms with E-state index in [1.807, 2.05) is 6.07 Å². The van der Waals surface area contributed by atoms with Crippen LogP contribution in [0.4, 0.5) is 0 Å². The topological polar surface area (TPSA) is 16.1 Å². The predicted octanol–water partition coefficient (Wildman–Crippen LogP) is 2.65. The molecule has 0 saturated carbocycles. The lowest BCUT2D eigenvalue weighted by atomic mass is 10.0. The van der Waals surface area contributed by atoms with Crippen molar-refractivity contribution in [2.45, 2.75) is 13.3 Å². The molecule has 0 radical (unpaired) electrons. The number of fused-ring (bicyclic) bond motifs is 1. The van der Waals surface area contributed by atoms with Crippen molar-refractivity contribution in [2.75, 3.05) is 20.6 Å². The normalized spacial score (nSPS) is 11.2. The fourth-order valence-corrected chi connectivity index (χ4v) is 1.95. The Bertz CT molecular complexity index is 489. The second kappa shape index (κ2) is 4.62. The van der Waals surface area contributed by atoms with E-state index in [1.165, 1.54) is 10.9 Å². The minimum absolute atomic E-state index is 1.08. The molecule has 84 valence electrons. The maximum Gasteiger partial charge on any atom is 0.0707 e. The smallest absolute Gasteiger partial charge is 0.0707 e. The molecule has 0 bridgehead atoms. The van der Waals surface area contributed by atoms with Gasteiger partial charge >= 0.3 is 0 Å². The minimum Gasteiger partial charge on any atom is -0.309 e. The van der Waals surface area contributed by atoms with E-state index >= 15 is 0 Å². The van der Waals surface area contributed by atoms with E-state index in [2.05, 4.69) is 55.2 Å². The van der Waals surface area contributed by atoms with Gasteiger partial charge in [-0.25, -0.2) is 0 Å². The van der Waals surface area contributed by atoms with Gasteiger partial charge in [-0.15, -0.1) is 0 Å². The van der Waals surface area contributed by atoms with Gasteiger partial charge in [-0.1, -0.05) is 18.2 Å². The monoisotopic (exact) mass is 214 g/mol. The Kier molecular flexibility index (Phi) is 3.20. The third-order valence-electron chi connectivity index (χ3n) is 2.76. The lowest BCUT2D eigenvalue weighted by molar-refractivity contribution is 0.414. The Morgan fingerprint density at radius 1 is 1.19 bits per heavy atom. The van der Waals surface area contributed by atoms with Gasteiger partial charge in [0.15, 0.2) is 0 Å². The number of hydrogen-bond acceptors (Lipinski definition) is 2. The van der Waals surface area contributed by atoms with Crippen molar-refractivity contribution in [1.29, 1.82) is 0 Å². The van der Waals surface area contributed by atoms with Gasteiger partial charge in [-0.3, -0.25) is 4.98 Å². The molecule has 2 aromatic rings. The van der Waals surface area contributed by atoms with Crippen LogP contribution in [0.1, 0.15) is 11.3 Å². The van der Waals surface area contributed by atoms with Crippen LogP contribution in [0.25, 0.3) is 10.9 Å². The predicted molar refractivity (Wildman–Crippen MR) is 68.7 cm³/mol. The van der Waals surface area contributed by atoms with Crippen molar-refractivity contribution in [3.8, 4) is 0 Å². The summed E-state index contributed by atoms with van der Waals surface area (Å²) in [5.74, 6) is 0. The highest BCUT2D eigenvalue weighted by Crippen LogP contribution is 2.18. The standard InChI is InChI=1S/C14H18N2/c1-11-10-12(8-9-16(2)3)13-6-4-5-7-14(13)15-11/h4-7,10H,8-9H2,1-3H3. The molecule has 0 N–H and O–H groups in total. The van der Waals surface area contributed by atoms with Gasteiger partial charge in [0.2, 0.25) is 0 Å². The molecule has 16 heavy (non-hydrogen) atoms. The summed E-state index contributed by atoms with van der Waals surface area (Å²) >= 11 is 0. The number of likely N-dealkylation sites (N-methyl/N-ethyl adjacent to an activating group) is 1. The number of aryl methyl sites for hydroxylation is 1. The lowest BCUT2D eigenvalue weighted by Crippen LogP contribution is -2.15. The quantitative estimate of drug-likeness (QED) is 0.781. The zero-order chi connectivity index (χ0) is 11.5. The molecule has 0 fully saturated rings. The van der Waals surface area contributed by atoms with Crippen LogP contribution in [0.2, 0.25) is 0 Å². The van der Waals surface area contributed by atoms with Gasteiger partial charge < -0.3 is 4.90 Å². The molecular formula is C14H18N2. The largest absolute Gasteiger partial charge is 0.309 e. The number of hydrogen-bond donors (Lipinski definition) is 0. The molecule has 1 aromatic carbocycles. The first-order chi connectivity index (χ1) is 7.66. The molecule has 1 heterocycles. The zero-order valence-corrected chi connectivity index (χ0v) is 10.2. The molecule has 0 spiro atoms. The average Bonchev–Trinajstić information content (AvgIpc) is 2.25. The number of benzene rings is 1. The molecular weight excluding hydrogens is 196 g/mol. The Labute approximate surface area is 96.9 Å². The highest BCUT2D eigenvalue weighted by molar-refractivity contribution is 5.82. The minimum atomic E-state index is 1.08. The van der Waals surface area contributed by atoms with Gasteiger partial charge in [-0.2, -0.15) is 0 Å². The second-order valence-corrected chi connectivity index (χ2v) is 4.49. The van der Waals surface area contributed by atoms with Gasteiger partial charge in [0, 0.05) is 17.6 Å². The first-order valence-electron chi connectivity index (χ1n) is 5.67. The summed E-state index contributed by atoms with van der Waals surface area (Å²) in [5, 5.41) is 1.29. The summed E-state index contributed by atoms with van der Waals surface area (Å²) in [6.45, 7) is 3.14. The van der Waals surface area contributed by atoms with Crippen molar-refractivity contribution in [1.82, 2.24) is 9.88 Å². The van der Waals surface area contributed by atoms with Crippen LogP contribution in [0, 0.1) is 6.92 Å². The highest BCUT2D eigenvalue weighted by Gasteiger charge is 2.03. The fourth-order valence-electron chi connectivity index (χ4n) is 1.95. The van der Waals surface area contributed by atoms with E-state index in [0.717, 1.165) is 24.2 Å². The van der Waals surface area contributed by atoms with Gasteiger partial charge in [-0.05, 0) is 45.1 Å². The molecule has 1 aromatic heterocycles. The van der Waals surface area contributed by atoms with Crippen LogP contribution in [0.5, 0.6) is 0 Å². The summed E-state index contributed by atoms with van der Waals surface area (Å²) in [6.07, 6.45) is 1.08. The van der Waals surface area contributed by atoms with E-state index < -0.39 is 0 Å². The van der Waals surface area contributed by atoms with E-state index in [4.69, 9.17) is 0 Å². The summed E-state index contributed by atoms with van der Waals surface area (Å²) in [5.41, 5.74) is 3.61. The van der Waals surface area contributed by atoms with Crippen molar-refractivity contribution < 1.29 is 0 Å². The molecule has 2 nitrogen and oxygen atoms in total. The first-order valence-corrected chi connectivity index (χ1v) is 5.67. The first kappa shape index (κ1) is 11.1. The van der Waals surface area contributed by atoms with Gasteiger partial charge in [0.25, 0.3) is 0 Å².